The highest BCUT2D eigenvalue weighted by Gasteiger charge is 2.27. The second-order valence-corrected chi connectivity index (χ2v) is 7.57. The molecule has 2 rings (SSSR count). The maximum absolute atomic E-state index is 6.45. The van der Waals surface area contributed by atoms with Crippen molar-refractivity contribution in [3.05, 3.63) is 22.8 Å². The normalized spacial score (nSPS) is 20.4. The van der Waals surface area contributed by atoms with Crippen molar-refractivity contribution in [1.29, 1.82) is 0 Å². The van der Waals surface area contributed by atoms with Gasteiger partial charge < -0.3 is 10.2 Å². The number of pyridine rings is 1. The van der Waals surface area contributed by atoms with Crippen molar-refractivity contribution in [3.8, 4) is 0 Å². The summed E-state index contributed by atoms with van der Waals surface area (Å²) in [6.45, 7) is 9.98. The molecule has 1 aromatic heterocycles. The number of hydrogen-bond acceptors (Lipinski definition) is 3. The number of aromatic nitrogens is 1. The summed E-state index contributed by atoms with van der Waals surface area (Å²) in [4.78, 5) is 6.96. The summed E-state index contributed by atoms with van der Waals surface area (Å²) < 4.78 is 0. The van der Waals surface area contributed by atoms with E-state index in [9.17, 15) is 0 Å². The van der Waals surface area contributed by atoms with Crippen LogP contribution in [0.1, 0.15) is 45.6 Å². The van der Waals surface area contributed by atoms with Gasteiger partial charge in [0.15, 0.2) is 0 Å². The molecule has 0 aliphatic carbocycles. The molecule has 1 atom stereocenters. The molecule has 0 amide bonds. The van der Waals surface area contributed by atoms with Crippen LogP contribution >= 0.6 is 11.6 Å². The predicted octanol–water partition coefficient (Wildman–Crippen LogP) is 4.11. The van der Waals surface area contributed by atoms with Gasteiger partial charge in [0.2, 0.25) is 0 Å². The Morgan fingerprint density at radius 1 is 1.33 bits per heavy atom. The third-order valence-corrected chi connectivity index (χ3v) is 4.79. The van der Waals surface area contributed by atoms with Gasteiger partial charge in [0.05, 0.1) is 5.02 Å². The van der Waals surface area contributed by atoms with E-state index >= 15 is 0 Å². The SMILES string of the molecule is CNCc1cnc(N2CCCC(C(C)(C)C)CC2)c(Cl)c1. The van der Waals surface area contributed by atoms with Gasteiger partial charge >= 0.3 is 0 Å². The number of nitrogens with one attached hydrogen (secondary N) is 1. The third-order valence-electron chi connectivity index (χ3n) is 4.51. The summed E-state index contributed by atoms with van der Waals surface area (Å²) in [5.41, 5.74) is 1.53. The maximum atomic E-state index is 6.45. The number of halogens is 1. The van der Waals surface area contributed by atoms with Crippen molar-refractivity contribution in [2.24, 2.45) is 11.3 Å². The molecule has 1 saturated heterocycles. The molecule has 1 aliphatic heterocycles. The number of anilines is 1. The lowest BCUT2D eigenvalue weighted by Crippen LogP contribution is -2.27. The monoisotopic (exact) mass is 309 g/mol. The standard InChI is InChI=1S/C17H28ClN3/c1-17(2,3)14-6-5-8-21(9-7-14)16-15(18)10-13(11-19-4)12-20-16/h10,12,14,19H,5-9,11H2,1-4H3. The molecule has 21 heavy (non-hydrogen) atoms. The Bertz CT molecular complexity index is 468. The lowest BCUT2D eigenvalue weighted by Gasteiger charge is -2.30. The summed E-state index contributed by atoms with van der Waals surface area (Å²) in [5.74, 6) is 1.73. The molecule has 1 unspecified atom stereocenters. The van der Waals surface area contributed by atoms with Gasteiger partial charge in [-0.25, -0.2) is 4.98 Å². The quantitative estimate of drug-likeness (QED) is 0.911. The molecular formula is C17H28ClN3. The van der Waals surface area contributed by atoms with Gasteiger partial charge in [-0.1, -0.05) is 32.4 Å². The first kappa shape index (κ1) is 16.6. The highest BCUT2D eigenvalue weighted by Crippen LogP contribution is 2.36. The van der Waals surface area contributed by atoms with Crippen molar-refractivity contribution in [2.45, 2.75) is 46.6 Å². The van der Waals surface area contributed by atoms with E-state index in [4.69, 9.17) is 11.6 Å². The van der Waals surface area contributed by atoms with Crippen LogP contribution in [-0.4, -0.2) is 25.1 Å². The Morgan fingerprint density at radius 2 is 2.10 bits per heavy atom. The predicted molar refractivity (Wildman–Crippen MR) is 91.0 cm³/mol. The minimum atomic E-state index is 0.393. The van der Waals surface area contributed by atoms with Crippen LogP contribution in [-0.2, 0) is 6.54 Å². The van der Waals surface area contributed by atoms with Crippen LogP contribution in [0.4, 0.5) is 5.82 Å². The molecule has 0 bridgehead atoms. The minimum absolute atomic E-state index is 0.393. The minimum Gasteiger partial charge on any atom is -0.355 e. The lowest BCUT2D eigenvalue weighted by atomic mass is 9.77. The average molecular weight is 310 g/mol. The largest absolute Gasteiger partial charge is 0.355 e. The van der Waals surface area contributed by atoms with E-state index < -0.39 is 0 Å². The molecule has 4 heteroatoms. The van der Waals surface area contributed by atoms with Crippen molar-refractivity contribution < 1.29 is 0 Å². The molecule has 1 aromatic rings. The van der Waals surface area contributed by atoms with Crippen LogP contribution < -0.4 is 10.2 Å². The van der Waals surface area contributed by atoms with Crippen molar-refractivity contribution >= 4 is 17.4 Å². The molecule has 0 aromatic carbocycles. The first-order valence-corrected chi connectivity index (χ1v) is 8.33. The van der Waals surface area contributed by atoms with Crippen LogP contribution in [0.2, 0.25) is 5.02 Å². The number of rotatable bonds is 3. The molecule has 0 radical (unpaired) electrons. The maximum Gasteiger partial charge on any atom is 0.147 e. The van der Waals surface area contributed by atoms with E-state index in [-0.39, 0.29) is 0 Å². The van der Waals surface area contributed by atoms with Crippen molar-refractivity contribution in [1.82, 2.24) is 10.3 Å². The van der Waals surface area contributed by atoms with Gasteiger partial charge in [-0.05, 0) is 49.3 Å². The topological polar surface area (TPSA) is 28.2 Å². The second kappa shape index (κ2) is 6.97. The van der Waals surface area contributed by atoms with Gasteiger partial charge in [-0.3, -0.25) is 0 Å². The van der Waals surface area contributed by atoms with Gasteiger partial charge in [0.25, 0.3) is 0 Å². The smallest absolute Gasteiger partial charge is 0.147 e. The van der Waals surface area contributed by atoms with Gasteiger partial charge in [-0.2, -0.15) is 0 Å². The molecule has 3 nitrogen and oxygen atoms in total. The molecule has 1 N–H and O–H groups in total. The average Bonchev–Trinajstić information content (AvgIpc) is 2.64. The molecule has 118 valence electrons. The fourth-order valence-corrected chi connectivity index (χ4v) is 3.49. The van der Waals surface area contributed by atoms with E-state index in [1.807, 2.05) is 19.3 Å². The first-order chi connectivity index (χ1) is 9.91. The Morgan fingerprint density at radius 3 is 2.71 bits per heavy atom. The Kier molecular flexibility index (Phi) is 5.50. The van der Waals surface area contributed by atoms with Crippen LogP contribution in [0.25, 0.3) is 0 Å². The Labute approximate surface area is 134 Å². The molecular weight excluding hydrogens is 282 g/mol. The van der Waals surface area contributed by atoms with Crippen molar-refractivity contribution in [3.63, 3.8) is 0 Å². The molecule has 0 saturated carbocycles. The Balaban J connectivity index is 2.09. The first-order valence-electron chi connectivity index (χ1n) is 7.96. The summed E-state index contributed by atoms with van der Waals surface area (Å²) >= 11 is 6.45. The van der Waals surface area contributed by atoms with Crippen LogP contribution in [0.15, 0.2) is 12.3 Å². The Hall–Kier alpha value is -0.800. The molecule has 1 aliphatic rings. The highest BCUT2D eigenvalue weighted by molar-refractivity contribution is 6.33. The van der Waals surface area contributed by atoms with Crippen LogP contribution in [0.5, 0.6) is 0 Å². The van der Waals surface area contributed by atoms with Gasteiger partial charge in [0.1, 0.15) is 5.82 Å². The third kappa shape index (κ3) is 4.33. The zero-order chi connectivity index (χ0) is 15.5. The zero-order valence-electron chi connectivity index (χ0n) is 13.7. The lowest BCUT2D eigenvalue weighted by molar-refractivity contribution is 0.220. The molecule has 0 spiro atoms. The number of hydrogen-bond donors (Lipinski definition) is 1. The van der Waals surface area contributed by atoms with Crippen LogP contribution in [0, 0.1) is 11.3 Å². The summed E-state index contributed by atoms with van der Waals surface area (Å²) in [7, 11) is 1.93. The highest BCUT2D eigenvalue weighted by atomic mass is 35.5. The van der Waals surface area contributed by atoms with Crippen molar-refractivity contribution in [2.75, 3.05) is 25.0 Å². The van der Waals surface area contributed by atoms with E-state index in [0.717, 1.165) is 42.0 Å². The van der Waals surface area contributed by atoms with E-state index in [0.29, 0.717) is 5.41 Å². The van der Waals surface area contributed by atoms with Gasteiger partial charge in [-0.15, -0.1) is 0 Å². The second-order valence-electron chi connectivity index (χ2n) is 7.16. The van der Waals surface area contributed by atoms with Crippen LogP contribution in [0.3, 0.4) is 0 Å². The van der Waals surface area contributed by atoms with Gasteiger partial charge in [0, 0.05) is 25.8 Å². The summed E-state index contributed by atoms with van der Waals surface area (Å²) in [5, 5.41) is 3.91. The fourth-order valence-electron chi connectivity index (χ4n) is 3.18. The molecule has 1 fully saturated rings. The zero-order valence-corrected chi connectivity index (χ0v) is 14.5. The summed E-state index contributed by atoms with van der Waals surface area (Å²) in [6, 6.07) is 2.03. The molecule has 2 heterocycles. The fraction of sp³-hybridized carbons (Fsp3) is 0.706. The number of nitrogens with zero attached hydrogens (tertiary/aromatic N) is 2. The summed E-state index contributed by atoms with van der Waals surface area (Å²) in [6.07, 6.45) is 5.68. The van der Waals surface area contributed by atoms with E-state index in [2.05, 4.69) is 36.0 Å². The van der Waals surface area contributed by atoms with E-state index in [1.165, 1.54) is 19.3 Å². The van der Waals surface area contributed by atoms with E-state index in [1.54, 1.807) is 0 Å².